The van der Waals surface area contributed by atoms with Gasteiger partial charge in [-0.15, -0.1) is 0 Å². The van der Waals surface area contributed by atoms with Crippen molar-refractivity contribution in [1.82, 2.24) is 0 Å². The molecule has 0 radical (unpaired) electrons. The van der Waals surface area contributed by atoms with Gasteiger partial charge in [-0.2, -0.15) is 0 Å². The molecule has 2 rings (SSSR count). The number of hydrogen-bond donors (Lipinski definition) is 1. The molecular weight excluding hydrogens is 409 g/mol. The Kier molecular flexibility index (Phi) is 7.35. The van der Waals surface area contributed by atoms with Crippen molar-refractivity contribution in [3.8, 4) is 0 Å². The largest absolute Gasteiger partial charge is 0.321 e. The fourth-order valence-corrected chi connectivity index (χ4v) is 3.17. The molecule has 0 fully saturated rings. The van der Waals surface area contributed by atoms with E-state index in [4.69, 9.17) is 23.2 Å². The molecule has 0 atom stereocenters. The Bertz CT molecular complexity index is 759. The van der Waals surface area contributed by atoms with Crippen molar-refractivity contribution in [3.05, 3.63) is 68.1 Å². The quantitative estimate of drug-likeness (QED) is 0.508. The Hall–Kier alpha value is -1.29. The Labute approximate surface area is 161 Å². The molecule has 2 nitrogen and oxygen atoms in total. The van der Waals surface area contributed by atoms with Crippen LogP contribution in [0.3, 0.4) is 0 Å². The molecule has 5 heteroatoms. The molecule has 24 heavy (non-hydrogen) atoms. The summed E-state index contributed by atoms with van der Waals surface area (Å²) in [6.45, 7) is 2.17. The van der Waals surface area contributed by atoms with Crippen LogP contribution in [0, 0.1) is 0 Å². The van der Waals surface area contributed by atoms with E-state index in [1.165, 1.54) is 11.6 Å². The van der Waals surface area contributed by atoms with Gasteiger partial charge in [0.2, 0.25) is 5.91 Å². The fourth-order valence-electron chi connectivity index (χ4n) is 2.17. The summed E-state index contributed by atoms with van der Waals surface area (Å²) in [5.74, 6) is -0.219. The zero-order valence-corrected chi connectivity index (χ0v) is 16.4. The maximum atomic E-state index is 12.1. The molecule has 0 aliphatic heterocycles. The van der Waals surface area contributed by atoms with Gasteiger partial charge in [-0.3, -0.25) is 4.79 Å². The highest BCUT2D eigenvalue weighted by molar-refractivity contribution is 9.10. The van der Waals surface area contributed by atoms with Crippen molar-refractivity contribution in [2.75, 3.05) is 5.32 Å². The van der Waals surface area contributed by atoms with Crippen molar-refractivity contribution in [2.24, 2.45) is 0 Å². The van der Waals surface area contributed by atoms with E-state index in [-0.39, 0.29) is 5.91 Å². The van der Waals surface area contributed by atoms with E-state index in [1.807, 2.05) is 18.2 Å². The van der Waals surface area contributed by atoms with Gasteiger partial charge < -0.3 is 5.32 Å². The number of carbonyl (C=O) groups excluding carboxylic acids is 1. The molecule has 0 saturated carbocycles. The minimum Gasteiger partial charge on any atom is -0.321 e. The van der Waals surface area contributed by atoms with E-state index in [2.05, 4.69) is 28.2 Å². The van der Waals surface area contributed by atoms with Crippen LogP contribution in [0.5, 0.6) is 0 Å². The number of benzene rings is 2. The minimum atomic E-state index is -0.219. The van der Waals surface area contributed by atoms with Crippen LogP contribution in [-0.2, 0) is 11.2 Å². The van der Waals surface area contributed by atoms with E-state index in [0.717, 1.165) is 35.0 Å². The number of unbranched alkanes of at least 4 members (excludes halogenated alkanes) is 1. The smallest absolute Gasteiger partial charge is 0.248 e. The molecule has 2 aromatic rings. The number of carbonyl (C=O) groups is 1. The lowest BCUT2D eigenvalue weighted by Gasteiger charge is -2.08. The molecule has 0 bridgehead atoms. The van der Waals surface area contributed by atoms with Gasteiger partial charge in [-0.05, 0) is 70.2 Å². The predicted octanol–water partition coefficient (Wildman–Crippen LogP) is 6.75. The lowest BCUT2D eigenvalue weighted by Crippen LogP contribution is -2.08. The Balaban J connectivity index is 2.02. The maximum absolute atomic E-state index is 12.1. The molecule has 0 unspecified atom stereocenters. The lowest BCUT2D eigenvalue weighted by molar-refractivity contribution is -0.111. The number of halogens is 3. The summed E-state index contributed by atoms with van der Waals surface area (Å²) in [5, 5.41) is 3.92. The zero-order valence-electron chi connectivity index (χ0n) is 13.3. The molecule has 1 amide bonds. The molecule has 0 aliphatic rings. The lowest BCUT2D eigenvalue weighted by atomic mass is 10.1. The third kappa shape index (κ3) is 5.66. The Morgan fingerprint density at radius 2 is 2.00 bits per heavy atom. The Morgan fingerprint density at radius 3 is 2.67 bits per heavy atom. The summed E-state index contributed by atoms with van der Waals surface area (Å²) in [5.41, 5.74) is 2.74. The van der Waals surface area contributed by atoms with Crippen molar-refractivity contribution in [3.63, 3.8) is 0 Å². The van der Waals surface area contributed by atoms with Crippen LogP contribution in [0.15, 0.2) is 46.9 Å². The number of rotatable bonds is 6. The number of hydrogen-bond acceptors (Lipinski definition) is 1. The molecule has 126 valence electrons. The van der Waals surface area contributed by atoms with E-state index in [9.17, 15) is 4.79 Å². The molecule has 0 heterocycles. The second-order valence-electron chi connectivity index (χ2n) is 5.41. The molecule has 0 spiro atoms. The average Bonchev–Trinajstić information content (AvgIpc) is 2.54. The van der Waals surface area contributed by atoms with E-state index < -0.39 is 0 Å². The van der Waals surface area contributed by atoms with Crippen LogP contribution >= 0.6 is 39.1 Å². The summed E-state index contributed by atoms with van der Waals surface area (Å²) >= 11 is 15.4. The van der Waals surface area contributed by atoms with Gasteiger partial charge in [-0.1, -0.05) is 48.7 Å². The third-order valence-electron chi connectivity index (χ3n) is 3.49. The third-order valence-corrected chi connectivity index (χ3v) is 4.71. The summed E-state index contributed by atoms with van der Waals surface area (Å²) in [6, 6.07) is 11.1. The second kappa shape index (κ2) is 9.26. The predicted molar refractivity (Wildman–Crippen MR) is 107 cm³/mol. The highest BCUT2D eigenvalue weighted by Gasteiger charge is 2.05. The first-order chi connectivity index (χ1) is 11.5. The summed E-state index contributed by atoms with van der Waals surface area (Å²) < 4.78 is 0.877. The maximum Gasteiger partial charge on any atom is 0.248 e. The van der Waals surface area contributed by atoms with Crippen LogP contribution in [0.2, 0.25) is 10.0 Å². The van der Waals surface area contributed by atoms with Crippen molar-refractivity contribution >= 4 is 56.8 Å². The highest BCUT2D eigenvalue weighted by Crippen LogP contribution is 2.25. The van der Waals surface area contributed by atoms with Crippen LogP contribution in [0.4, 0.5) is 5.69 Å². The number of nitrogens with one attached hydrogen (secondary N) is 1. The van der Waals surface area contributed by atoms with Gasteiger partial charge in [0.15, 0.2) is 0 Å². The molecular formula is C19H18BrCl2NO. The molecule has 2 aromatic carbocycles. The van der Waals surface area contributed by atoms with E-state index in [1.54, 1.807) is 24.3 Å². The van der Waals surface area contributed by atoms with Gasteiger partial charge in [0, 0.05) is 20.6 Å². The number of anilines is 1. The van der Waals surface area contributed by atoms with Gasteiger partial charge in [0.05, 0.1) is 5.69 Å². The topological polar surface area (TPSA) is 29.1 Å². The first kappa shape index (κ1) is 19.0. The van der Waals surface area contributed by atoms with Gasteiger partial charge in [0.1, 0.15) is 0 Å². The molecule has 0 aromatic heterocycles. The van der Waals surface area contributed by atoms with E-state index in [0.29, 0.717) is 10.0 Å². The van der Waals surface area contributed by atoms with Crippen LogP contribution in [0.25, 0.3) is 6.08 Å². The highest BCUT2D eigenvalue weighted by atomic mass is 79.9. The first-order valence-electron chi connectivity index (χ1n) is 7.72. The SMILES string of the molecule is CCCCc1ccc(NC(=O)/C=C/c2ccc(Cl)cc2Cl)c(Br)c1. The summed E-state index contributed by atoms with van der Waals surface area (Å²) in [6.07, 6.45) is 6.47. The summed E-state index contributed by atoms with van der Waals surface area (Å²) in [7, 11) is 0. The Morgan fingerprint density at radius 1 is 1.21 bits per heavy atom. The summed E-state index contributed by atoms with van der Waals surface area (Å²) in [4.78, 5) is 12.1. The van der Waals surface area contributed by atoms with Crippen LogP contribution in [0.1, 0.15) is 30.9 Å². The molecule has 0 saturated heterocycles. The van der Waals surface area contributed by atoms with Crippen LogP contribution in [-0.4, -0.2) is 5.91 Å². The molecule has 1 N–H and O–H groups in total. The van der Waals surface area contributed by atoms with Crippen LogP contribution < -0.4 is 5.32 Å². The van der Waals surface area contributed by atoms with Gasteiger partial charge in [-0.25, -0.2) is 0 Å². The van der Waals surface area contributed by atoms with E-state index >= 15 is 0 Å². The van der Waals surface area contributed by atoms with Crippen molar-refractivity contribution < 1.29 is 4.79 Å². The van der Waals surface area contributed by atoms with Crippen molar-refractivity contribution in [1.29, 1.82) is 0 Å². The van der Waals surface area contributed by atoms with Gasteiger partial charge >= 0.3 is 0 Å². The van der Waals surface area contributed by atoms with Gasteiger partial charge in [0.25, 0.3) is 0 Å². The molecule has 0 aliphatic carbocycles. The average molecular weight is 427 g/mol. The zero-order chi connectivity index (χ0) is 17.5. The number of aryl methyl sites for hydroxylation is 1. The first-order valence-corrected chi connectivity index (χ1v) is 9.27. The normalized spacial score (nSPS) is 11.0. The number of amides is 1. The monoisotopic (exact) mass is 425 g/mol. The minimum absolute atomic E-state index is 0.219. The standard InChI is InChI=1S/C19H18BrCl2NO/c1-2-3-4-13-5-9-18(16(20)11-13)23-19(24)10-7-14-6-8-15(21)12-17(14)22/h5-12H,2-4H2,1H3,(H,23,24)/b10-7+. The van der Waals surface area contributed by atoms with Crippen molar-refractivity contribution in [2.45, 2.75) is 26.2 Å². The fraction of sp³-hybridized carbons (Fsp3) is 0.211. The second-order valence-corrected chi connectivity index (χ2v) is 7.10.